The molecule has 0 bridgehead atoms. The number of ether oxygens (including phenoxy) is 2. The quantitative estimate of drug-likeness (QED) is 0.634. The molecule has 29 heavy (non-hydrogen) atoms. The maximum absolute atomic E-state index is 12.7. The lowest BCUT2D eigenvalue weighted by atomic mass is 10.2. The summed E-state index contributed by atoms with van der Waals surface area (Å²) in [5.74, 6) is 1.25. The fraction of sp³-hybridized carbons (Fsp3) is 0.190. The van der Waals surface area contributed by atoms with Crippen molar-refractivity contribution in [3.05, 3.63) is 60.6 Å². The van der Waals surface area contributed by atoms with Crippen LogP contribution in [0.5, 0.6) is 11.5 Å². The lowest BCUT2D eigenvalue weighted by Gasteiger charge is -2.13. The van der Waals surface area contributed by atoms with Gasteiger partial charge in [-0.2, -0.15) is 0 Å². The standard InChI is InChI=1S/C21H23N5O3/c1-26(2)15-7-5-14(6-8-15)24-20-12-18(22-13-23-20)21(27)25-17-11-16(28-3)9-10-19(17)29-4/h5-13H,1-4H3,(H,25,27)(H,22,23,24). The monoisotopic (exact) mass is 393 g/mol. The summed E-state index contributed by atoms with van der Waals surface area (Å²) in [6.45, 7) is 0. The molecule has 1 heterocycles. The van der Waals surface area contributed by atoms with Crippen LogP contribution < -0.4 is 25.0 Å². The highest BCUT2D eigenvalue weighted by molar-refractivity contribution is 6.04. The fourth-order valence-electron chi connectivity index (χ4n) is 2.64. The summed E-state index contributed by atoms with van der Waals surface area (Å²) in [6.07, 6.45) is 1.34. The van der Waals surface area contributed by atoms with E-state index in [0.717, 1.165) is 11.4 Å². The molecule has 0 aliphatic carbocycles. The first-order valence-corrected chi connectivity index (χ1v) is 8.90. The SMILES string of the molecule is COc1ccc(OC)c(NC(=O)c2cc(Nc3ccc(N(C)C)cc3)ncn2)c1. The molecule has 0 saturated heterocycles. The van der Waals surface area contributed by atoms with E-state index in [1.807, 2.05) is 43.3 Å². The van der Waals surface area contributed by atoms with Crippen molar-refractivity contribution in [2.24, 2.45) is 0 Å². The van der Waals surface area contributed by atoms with Crippen LogP contribution in [0.1, 0.15) is 10.5 Å². The van der Waals surface area contributed by atoms with Gasteiger partial charge in [-0.05, 0) is 36.4 Å². The lowest BCUT2D eigenvalue weighted by molar-refractivity contribution is 0.102. The minimum atomic E-state index is -0.384. The molecule has 2 N–H and O–H groups in total. The van der Waals surface area contributed by atoms with Crippen LogP contribution in [0.15, 0.2) is 54.9 Å². The van der Waals surface area contributed by atoms with E-state index in [1.54, 1.807) is 31.4 Å². The summed E-state index contributed by atoms with van der Waals surface area (Å²) >= 11 is 0. The van der Waals surface area contributed by atoms with Crippen LogP contribution in [-0.4, -0.2) is 44.2 Å². The van der Waals surface area contributed by atoms with E-state index in [0.29, 0.717) is 23.0 Å². The first kappa shape index (κ1) is 19.9. The molecule has 3 aromatic rings. The molecule has 0 saturated carbocycles. The van der Waals surface area contributed by atoms with Gasteiger partial charge in [-0.15, -0.1) is 0 Å². The average molecular weight is 393 g/mol. The second kappa shape index (κ2) is 8.92. The topological polar surface area (TPSA) is 88.6 Å². The van der Waals surface area contributed by atoms with Gasteiger partial charge in [0.25, 0.3) is 5.91 Å². The van der Waals surface area contributed by atoms with Gasteiger partial charge >= 0.3 is 0 Å². The second-order valence-electron chi connectivity index (χ2n) is 6.38. The summed E-state index contributed by atoms with van der Waals surface area (Å²) in [6, 6.07) is 14.6. The highest BCUT2D eigenvalue weighted by Crippen LogP contribution is 2.29. The molecule has 8 heteroatoms. The highest BCUT2D eigenvalue weighted by atomic mass is 16.5. The number of anilines is 4. The van der Waals surface area contributed by atoms with E-state index in [9.17, 15) is 4.79 Å². The summed E-state index contributed by atoms with van der Waals surface area (Å²) in [5.41, 5.74) is 2.65. The third kappa shape index (κ3) is 4.92. The van der Waals surface area contributed by atoms with Crippen molar-refractivity contribution in [1.82, 2.24) is 9.97 Å². The lowest BCUT2D eigenvalue weighted by Crippen LogP contribution is -2.15. The maximum Gasteiger partial charge on any atom is 0.274 e. The van der Waals surface area contributed by atoms with E-state index in [1.165, 1.54) is 13.4 Å². The molecule has 8 nitrogen and oxygen atoms in total. The fourth-order valence-corrected chi connectivity index (χ4v) is 2.64. The second-order valence-corrected chi connectivity index (χ2v) is 6.38. The number of benzene rings is 2. The Morgan fingerprint density at radius 1 is 0.966 bits per heavy atom. The number of nitrogens with zero attached hydrogens (tertiary/aromatic N) is 3. The molecule has 2 aromatic carbocycles. The van der Waals surface area contributed by atoms with Crippen LogP contribution in [0, 0.1) is 0 Å². The normalized spacial score (nSPS) is 10.2. The van der Waals surface area contributed by atoms with Gasteiger partial charge < -0.3 is 25.0 Å². The van der Waals surface area contributed by atoms with Crippen LogP contribution in [0.4, 0.5) is 22.9 Å². The summed E-state index contributed by atoms with van der Waals surface area (Å²) in [7, 11) is 7.05. The predicted molar refractivity (Wildman–Crippen MR) is 114 cm³/mol. The minimum absolute atomic E-state index is 0.220. The number of rotatable bonds is 7. The molecule has 0 aliphatic heterocycles. The van der Waals surface area contributed by atoms with Crippen LogP contribution in [0.3, 0.4) is 0 Å². The van der Waals surface area contributed by atoms with Crippen molar-refractivity contribution in [1.29, 1.82) is 0 Å². The first-order valence-electron chi connectivity index (χ1n) is 8.90. The summed E-state index contributed by atoms with van der Waals surface area (Å²) < 4.78 is 10.5. The maximum atomic E-state index is 12.7. The van der Waals surface area contributed by atoms with Crippen molar-refractivity contribution in [3.63, 3.8) is 0 Å². The number of nitrogens with one attached hydrogen (secondary N) is 2. The van der Waals surface area contributed by atoms with Gasteiger partial charge in [0.1, 0.15) is 29.3 Å². The number of methoxy groups -OCH3 is 2. The summed E-state index contributed by atoms with van der Waals surface area (Å²) in [5, 5.41) is 5.97. The molecule has 0 unspecified atom stereocenters. The van der Waals surface area contributed by atoms with Gasteiger partial charge in [0.15, 0.2) is 0 Å². The Hall–Kier alpha value is -3.81. The van der Waals surface area contributed by atoms with Crippen molar-refractivity contribution < 1.29 is 14.3 Å². The molecule has 1 amide bonds. The first-order chi connectivity index (χ1) is 14.0. The van der Waals surface area contributed by atoms with Gasteiger partial charge in [0.2, 0.25) is 0 Å². The van der Waals surface area contributed by atoms with Gasteiger partial charge in [-0.1, -0.05) is 0 Å². The van der Waals surface area contributed by atoms with Crippen LogP contribution in [0.25, 0.3) is 0 Å². The van der Waals surface area contributed by atoms with Crippen LogP contribution in [-0.2, 0) is 0 Å². The van der Waals surface area contributed by atoms with Crippen molar-refractivity contribution in [2.45, 2.75) is 0 Å². The number of carbonyl (C=O) groups is 1. The van der Waals surface area contributed by atoms with Gasteiger partial charge in [-0.3, -0.25) is 4.79 Å². The number of hydrogen-bond acceptors (Lipinski definition) is 7. The number of hydrogen-bond donors (Lipinski definition) is 2. The number of amides is 1. The Balaban J connectivity index is 1.76. The van der Waals surface area contributed by atoms with Gasteiger partial charge in [0, 0.05) is 37.6 Å². The van der Waals surface area contributed by atoms with E-state index in [4.69, 9.17) is 9.47 Å². The van der Waals surface area contributed by atoms with Crippen molar-refractivity contribution in [3.8, 4) is 11.5 Å². The smallest absolute Gasteiger partial charge is 0.274 e. The Morgan fingerprint density at radius 3 is 2.38 bits per heavy atom. The molecule has 3 rings (SSSR count). The highest BCUT2D eigenvalue weighted by Gasteiger charge is 2.13. The predicted octanol–water partition coefficient (Wildman–Crippen LogP) is 3.56. The van der Waals surface area contributed by atoms with Crippen LogP contribution >= 0.6 is 0 Å². The van der Waals surface area contributed by atoms with Gasteiger partial charge in [-0.25, -0.2) is 9.97 Å². The Morgan fingerprint density at radius 2 is 1.72 bits per heavy atom. The third-order valence-corrected chi connectivity index (χ3v) is 4.21. The molecule has 0 radical (unpaired) electrons. The van der Waals surface area contributed by atoms with Crippen molar-refractivity contribution in [2.75, 3.05) is 43.8 Å². The summed E-state index contributed by atoms with van der Waals surface area (Å²) in [4.78, 5) is 22.9. The minimum Gasteiger partial charge on any atom is -0.497 e. The number of carbonyl (C=O) groups excluding carboxylic acids is 1. The molecule has 1 aromatic heterocycles. The zero-order valence-corrected chi connectivity index (χ0v) is 16.8. The van der Waals surface area contributed by atoms with E-state index in [2.05, 4.69) is 20.6 Å². The molecular formula is C21H23N5O3. The molecular weight excluding hydrogens is 370 g/mol. The molecule has 0 atom stereocenters. The third-order valence-electron chi connectivity index (χ3n) is 4.21. The van der Waals surface area contributed by atoms with E-state index in [-0.39, 0.29) is 11.6 Å². The molecule has 0 aliphatic rings. The Kier molecular flexibility index (Phi) is 6.13. The Bertz CT molecular complexity index is 990. The zero-order valence-electron chi connectivity index (χ0n) is 16.8. The molecule has 0 fully saturated rings. The molecule has 0 spiro atoms. The largest absolute Gasteiger partial charge is 0.497 e. The van der Waals surface area contributed by atoms with Crippen LogP contribution in [0.2, 0.25) is 0 Å². The Labute approximate surface area is 169 Å². The van der Waals surface area contributed by atoms with E-state index >= 15 is 0 Å². The number of aromatic nitrogens is 2. The van der Waals surface area contributed by atoms with Crippen molar-refractivity contribution >= 4 is 28.8 Å². The zero-order chi connectivity index (χ0) is 20.8. The molecule has 150 valence electrons. The van der Waals surface area contributed by atoms with Gasteiger partial charge in [0.05, 0.1) is 19.9 Å². The van der Waals surface area contributed by atoms with E-state index < -0.39 is 0 Å². The average Bonchev–Trinajstić information content (AvgIpc) is 2.74.